The molecule has 0 bridgehead atoms. The minimum atomic E-state index is 0.0265. The lowest BCUT2D eigenvalue weighted by atomic mass is 9.95. The first-order chi connectivity index (χ1) is 11.6. The van der Waals surface area contributed by atoms with Crippen LogP contribution in [0.15, 0.2) is 59.1 Å². The summed E-state index contributed by atoms with van der Waals surface area (Å²) in [6.45, 7) is 2.47. The fourth-order valence-corrected chi connectivity index (χ4v) is 3.57. The molecule has 0 aliphatic carbocycles. The number of para-hydroxylation sites is 1. The highest BCUT2D eigenvalue weighted by atomic mass is 79.9. The van der Waals surface area contributed by atoms with Gasteiger partial charge in [-0.3, -0.25) is 4.79 Å². The summed E-state index contributed by atoms with van der Waals surface area (Å²) in [7, 11) is 0. The zero-order chi connectivity index (χ0) is 16.9. The van der Waals surface area contributed by atoms with Crippen LogP contribution in [0.4, 0.5) is 5.69 Å². The van der Waals surface area contributed by atoms with E-state index in [9.17, 15) is 4.79 Å². The van der Waals surface area contributed by atoms with Gasteiger partial charge in [0, 0.05) is 42.5 Å². The maximum atomic E-state index is 12.2. The molecule has 1 aliphatic heterocycles. The van der Waals surface area contributed by atoms with Gasteiger partial charge in [0.05, 0.1) is 5.69 Å². The van der Waals surface area contributed by atoms with Gasteiger partial charge in [0.15, 0.2) is 0 Å². The van der Waals surface area contributed by atoms with Crippen molar-refractivity contribution in [3.05, 3.63) is 64.6 Å². The number of carbonyl (C=O) groups is 1. The van der Waals surface area contributed by atoms with Gasteiger partial charge in [-0.05, 0) is 33.6 Å². The zero-order valence-electron chi connectivity index (χ0n) is 13.5. The Labute approximate surface area is 151 Å². The van der Waals surface area contributed by atoms with E-state index in [0.717, 1.165) is 29.8 Å². The monoisotopic (exact) mass is 387 g/mol. The molecule has 126 valence electrons. The highest BCUT2D eigenvalue weighted by Gasteiger charge is 2.31. The molecule has 0 aromatic heterocycles. The van der Waals surface area contributed by atoms with Crippen LogP contribution in [-0.2, 0) is 4.79 Å². The fraction of sp³-hybridized carbons (Fsp3) is 0.316. The Balaban J connectivity index is 1.51. The molecule has 0 spiro atoms. The Morgan fingerprint density at radius 1 is 1.12 bits per heavy atom. The smallest absolute Gasteiger partial charge is 0.225 e. The van der Waals surface area contributed by atoms with Crippen molar-refractivity contribution in [2.24, 2.45) is 5.73 Å². The van der Waals surface area contributed by atoms with E-state index < -0.39 is 0 Å². The number of hydrogen-bond donors (Lipinski definition) is 2. The minimum absolute atomic E-state index is 0.0265. The van der Waals surface area contributed by atoms with Gasteiger partial charge >= 0.3 is 0 Å². The van der Waals surface area contributed by atoms with Gasteiger partial charge in [-0.1, -0.05) is 42.5 Å². The largest absolute Gasteiger partial charge is 0.326 e. The van der Waals surface area contributed by atoms with Crippen LogP contribution in [0.3, 0.4) is 0 Å². The number of nitrogens with two attached hydrogens (primary N) is 1. The first-order valence-electron chi connectivity index (χ1n) is 8.21. The van der Waals surface area contributed by atoms with Gasteiger partial charge in [0.25, 0.3) is 0 Å². The molecule has 24 heavy (non-hydrogen) atoms. The van der Waals surface area contributed by atoms with Crippen molar-refractivity contribution < 1.29 is 4.79 Å². The van der Waals surface area contributed by atoms with Crippen LogP contribution in [-0.4, -0.2) is 36.5 Å². The minimum Gasteiger partial charge on any atom is -0.326 e. The third-order valence-corrected chi connectivity index (χ3v) is 5.16. The normalized spacial score (nSPS) is 20.9. The number of likely N-dealkylation sites (tertiary alicyclic amines) is 1. The Bertz CT molecular complexity index is 692. The first-order valence-corrected chi connectivity index (χ1v) is 9.00. The summed E-state index contributed by atoms with van der Waals surface area (Å²) in [6.07, 6.45) is 0.468. The lowest BCUT2D eigenvalue weighted by Gasteiger charge is -2.16. The molecule has 3 rings (SSSR count). The van der Waals surface area contributed by atoms with Crippen molar-refractivity contribution in [3.8, 4) is 0 Å². The first kappa shape index (κ1) is 17.1. The molecule has 1 heterocycles. The molecular formula is C19H22BrN3O. The van der Waals surface area contributed by atoms with E-state index >= 15 is 0 Å². The van der Waals surface area contributed by atoms with Crippen molar-refractivity contribution in [2.75, 3.05) is 25.0 Å². The molecule has 5 heteroatoms. The molecule has 0 radical (unpaired) electrons. The van der Waals surface area contributed by atoms with E-state index in [1.807, 2.05) is 30.3 Å². The van der Waals surface area contributed by atoms with Crippen LogP contribution >= 0.6 is 15.9 Å². The highest BCUT2D eigenvalue weighted by molar-refractivity contribution is 9.10. The lowest BCUT2D eigenvalue weighted by Crippen LogP contribution is -2.30. The summed E-state index contributed by atoms with van der Waals surface area (Å²) in [4.78, 5) is 14.4. The Kier molecular flexibility index (Phi) is 5.66. The summed E-state index contributed by atoms with van der Waals surface area (Å²) < 4.78 is 0.894. The van der Waals surface area contributed by atoms with Crippen LogP contribution in [0.5, 0.6) is 0 Å². The standard InChI is InChI=1S/C19H22BrN3O/c20-16-8-4-5-9-18(16)22-19(24)10-11-23-12-15(17(21)13-23)14-6-2-1-3-7-14/h1-9,15,17H,10-13,21H2,(H,22,24)/t15-,17+/m0/s1. The fourth-order valence-electron chi connectivity index (χ4n) is 3.18. The molecule has 1 saturated heterocycles. The maximum absolute atomic E-state index is 12.2. The number of nitrogens with one attached hydrogen (secondary N) is 1. The van der Waals surface area contributed by atoms with E-state index in [4.69, 9.17) is 5.73 Å². The lowest BCUT2D eigenvalue weighted by molar-refractivity contribution is -0.116. The number of benzene rings is 2. The third-order valence-electron chi connectivity index (χ3n) is 4.47. The molecule has 0 saturated carbocycles. The van der Waals surface area contributed by atoms with Gasteiger partial charge in [-0.2, -0.15) is 0 Å². The van der Waals surface area contributed by atoms with Crippen molar-refractivity contribution in [2.45, 2.75) is 18.4 Å². The van der Waals surface area contributed by atoms with Crippen LogP contribution in [0, 0.1) is 0 Å². The van der Waals surface area contributed by atoms with E-state index in [2.05, 4.69) is 50.4 Å². The second-order valence-corrected chi connectivity index (χ2v) is 7.07. The van der Waals surface area contributed by atoms with Crippen LogP contribution in [0.25, 0.3) is 0 Å². The molecule has 1 amide bonds. The quantitative estimate of drug-likeness (QED) is 0.827. The second kappa shape index (κ2) is 7.92. The maximum Gasteiger partial charge on any atom is 0.225 e. The molecule has 2 atom stereocenters. The Morgan fingerprint density at radius 3 is 2.58 bits per heavy atom. The number of amides is 1. The van der Waals surface area contributed by atoms with Gasteiger partial charge in [-0.25, -0.2) is 0 Å². The summed E-state index contributed by atoms with van der Waals surface area (Å²) in [5.74, 6) is 0.371. The third kappa shape index (κ3) is 4.23. The summed E-state index contributed by atoms with van der Waals surface area (Å²) in [5, 5.41) is 2.94. The zero-order valence-corrected chi connectivity index (χ0v) is 15.1. The van der Waals surface area contributed by atoms with Crippen LogP contribution in [0.1, 0.15) is 17.9 Å². The number of rotatable bonds is 5. The predicted molar refractivity (Wildman–Crippen MR) is 101 cm³/mol. The molecular weight excluding hydrogens is 366 g/mol. The molecule has 2 aromatic rings. The number of hydrogen-bond acceptors (Lipinski definition) is 3. The van der Waals surface area contributed by atoms with Crippen molar-refractivity contribution >= 4 is 27.5 Å². The number of anilines is 1. The number of carbonyl (C=O) groups excluding carboxylic acids is 1. The van der Waals surface area contributed by atoms with Crippen molar-refractivity contribution in [3.63, 3.8) is 0 Å². The summed E-state index contributed by atoms with van der Waals surface area (Å²) in [6, 6.07) is 18.2. The van der Waals surface area contributed by atoms with Gasteiger partial charge in [-0.15, -0.1) is 0 Å². The number of halogens is 1. The summed E-state index contributed by atoms with van der Waals surface area (Å²) in [5.41, 5.74) is 8.39. The molecule has 2 aromatic carbocycles. The molecule has 0 unspecified atom stereocenters. The number of nitrogens with zero attached hydrogens (tertiary/aromatic N) is 1. The molecule has 1 aliphatic rings. The average Bonchev–Trinajstić information content (AvgIpc) is 2.97. The van der Waals surface area contributed by atoms with E-state index in [0.29, 0.717) is 12.3 Å². The van der Waals surface area contributed by atoms with E-state index in [1.54, 1.807) is 0 Å². The van der Waals surface area contributed by atoms with Crippen LogP contribution < -0.4 is 11.1 Å². The Hall–Kier alpha value is -1.69. The van der Waals surface area contributed by atoms with E-state index in [1.165, 1.54) is 5.56 Å². The Morgan fingerprint density at radius 2 is 1.83 bits per heavy atom. The summed E-state index contributed by atoms with van der Waals surface area (Å²) >= 11 is 3.44. The van der Waals surface area contributed by atoms with Gasteiger partial charge in [0.2, 0.25) is 5.91 Å². The van der Waals surface area contributed by atoms with Crippen LogP contribution in [0.2, 0.25) is 0 Å². The van der Waals surface area contributed by atoms with Crippen molar-refractivity contribution in [1.82, 2.24) is 4.90 Å². The highest BCUT2D eigenvalue weighted by Crippen LogP contribution is 2.26. The molecule has 4 nitrogen and oxygen atoms in total. The predicted octanol–water partition coefficient (Wildman–Crippen LogP) is 3.20. The van der Waals surface area contributed by atoms with Gasteiger partial charge in [0.1, 0.15) is 0 Å². The second-order valence-electron chi connectivity index (χ2n) is 6.22. The van der Waals surface area contributed by atoms with Crippen molar-refractivity contribution in [1.29, 1.82) is 0 Å². The molecule has 3 N–H and O–H groups in total. The average molecular weight is 388 g/mol. The SMILES string of the molecule is N[C@@H]1CN(CCC(=O)Nc2ccccc2Br)C[C@H]1c1ccccc1. The topological polar surface area (TPSA) is 58.4 Å². The molecule has 1 fully saturated rings. The van der Waals surface area contributed by atoms with Gasteiger partial charge < -0.3 is 16.0 Å². The van der Waals surface area contributed by atoms with E-state index in [-0.39, 0.29) is 11.9 Å².